The van der Waals surface area contributed by atoms with E-state index in [1.165, 1.54) is 16.2 Å². The van der Waals surface area contributed by atoms with Crippen LogP contribution in [0.2, 0.25) is 0 Å². The Labute approximate surface area is 127 Å². The van der Waals surface area contributed by atoms with Gasteiger partial charge in [-0.2, -0.15) is 0 Å². The zero-order chi connectivity index (χ0) is 16.0. The maximum atomic E-state index is 12.3. The standard InChI is InChI=1S/C14H20N2O4S/c1-4-16(8-9(2)14(19)20)13(18)10(3)15-12(17)11-6-5-7-21-11/h5-7,9-10H,4,8H2,1-3H3,(H,15,17)(H,19,20). The van der Waals surface area contributed by atoms with E-state index in [1.54, 1.807) is 38.3 Å². The molecule has 2 N–H and O–H groups in total. The predicted molar refractivity (Wildman–Crippen MR) is 80.3 cm³/mol. The van der Waals surface area contributed by atoms with E-state index in [0.29, 0.717) is 11.4 Å². The van der Waals surface area contributed by atoms with E-state index in [0.717, 1.165) is 0 Å². The molecule has 0 spiro atoms. The lowest BCUT2D eigenvalue weighted by Crippen LogP contribution is -2.48. The molecule has 0 aliphatic carbocycles. The lowest BCUT2D eigenvalue weighted by Gasteiger charge is -2.26. The SMILES string of the molecule is CCN(CC(C)C(=O)O)C(=O)C(C)NC(=O)c1cccs1. The van der Waals surface area contributed by atoms with Crippen molar-refractivity contribution in [1.29, 1.82) is 0 Å². The third-order valence-electron chi connectivity index (χ3n) is 3.07. The van der Waals surface area contributed by atoms with Gasteiger partial charge in [-0.3, -0.25) is 14.4 Å². The zero-order valence-corrected chi connectivity index (χ0v) is 13.1. The highest BCUT2D eigenvalue weighted by atomic mass is 32.1. The van der Waals surface area contributed by atoms with Crippen LogP contribution in [0, 0.1) is 5.92 Å². The lowest BCUT2D eigenvalue weighted by molar-refractivity contribution is -0.143. The van der Waals surface area contributed by atoms with Gasteiger partial charge in [0.25, 0.3) is 5.91 Å². The molecule has 0 saturated heterocycles. The molecule has 2 amide bonds. The van der Waals surface area contributed by atoms with E-state index in [4.69, 9.17) is 5.11 Å². The van der Waals surface area contributed by atoms with Crippen LogP contribution in [0.1, 0.15) is 30.4 Å². The van der Waals surface area contributed by atoms with Gasteiger partial charge in [0.1, 0.15) is 6.04 Å². The number of thiophene rings is 1. The summed E-state index contributed by atoms with van der Waals surface area (Å²) in [6, 6.07) is 2.75. The summed E-state index contributed by atoms with van der Waals surface area (Å²) in [4.78, 5) is 37.0. The average molecular weight is 312 g/mol. The Hall–Kier alpha value is -1.89. The predicted octanol–water partition coefficient (Wildman–Crippen LogP) is 1.44. The number of likely N-dealkylation sites (N-methyl/N-ethyl adjacent to an activating group) is 1. The first kappa shape index (κ1) is 17.2. The van der Waals surface area contributed by atoms with Crippen LogP contribution in [-0.4, -0.2) is 46.9 Å². The van der Waals surface area contributed by atoms with Crippen molar-refractivity contribution in [1.82, 2.24) is 10.2 Å². The molecule has 0 fully saturated rings. The van der Waals surface area contributed by atoms with Crippen molar-refractivity contribution >= 4 is 29.1 Å². The van der Waals surface area contributed by atoms with Gasteiger partial charge < -0.3 is 15.3 Å². The fraction of sp³-hybridized carbons (Fsp3) is 0.500. The van der Waals surface area contributed by atoms with Gasteiger partial charge in [-0.15, -0.1) is 11.3 Å². The summed E-state index contributed by atoms with van der Waals surface area (Å²) in [7, 11) is 0. The second-order valence-corrected chi connectivity index (χ2v) is 5.74. The van der Waals surface area contributed by atoms with Crippen molar-refractivity contribution in [3.8, 4) is 0 Å². The van der Waals surface area contributed by atoms with E-state index in [1.807, 2.05) is 0 Å². The van der Waals surface area contributed by atoms with Gasteiger partial charge in [0, 0.05) is 13.1 Å². The summed E-state index contributed by atoms with van der Waals surface area (Å²) in [5.41, 5.74) is 0. The highest BCUT2D eigenvalue weighted by Gasteiger charge is 2.24. The molecule has 0 aromatic carbocycles. The number of hydrogen-bond donors (Lipinski definition) is 2. The number of carbonyl (C=O) groups excluding carboxylic acids is 2. The van der Waals surface area contributed by atoms with Gasteiger partial charge in [0.2, 0.25) is 5.91 Å². The van der Waals surface area contributed by atoms with Gasteiger partial charge in [0.15, 0.2) is 0 Å². The van der Waals surface area contributed by atoms with Crippen molar-refractivity contribution in [3.05, 3.63) is 22.4 Å². The largest absolute Gasteiger partial charge is 0.481 e. The number of amides is 2. The summed E-state index contributed by atoms with van der Waals surface area (Å²) in [5.74, 6) is -2.17. The first-order valence-corrected chi connectivity index (χ1v) is 7.60. The smallest absolute Gasteiger partial charge is 0.308 e. The molecule has 0 aliphatic heterocycles. The number of nitrogens with one attached hydrogen (secondary N) is 1. The van der Waals surface area contributed by atoms with Gasteiger partial charge in [-0.1, -0.05) is 13.0 Å². The quantitative estimate of drug-likeness (QED) is 0.797. The summed E-state index contributed by atoms with van der Waals surface area (Å²) in [6.07, 6.45) is 0. The van der Waals surface area contributed by atoms with Crippen LogP contribution in [0.15, 0.2) is 17.5 Å². The molecule has 0 bridgehead atoms. The minimum atomic E-state index is -0.948. The van der Waals surface area contributed by atoms with Crippen LogP contribution in [0.25, 0.3) is 0 Å². The van der Waals surface area contributed by atoms with Crippen LogP contribution in [0.3, 0.4) is 0 Å². The van der Waals surface area contributed by atoms with Crippen molar-refractivity contribution in [2.45, 2.75) is 26.8 Å². The van der Waals surface area contributed by atoms with Crippen LogP contribution in [0.4, 0.5) is 0 Å². The van der Waals surface area contributed by atoms with E-state index < -0.39 is 17.9 Å². The summed E-state index contributed by atoms with van der Waals surface area (Å²) >= 11 is 1.30. The summed E-state index contributed by atoms with van der Waals surface area (Å²) < 4.78 is 0. The van der Waals surface area contributed by atoms with Crippen molar-refractivity contribution in [3.63, 3.8) is 0 Å². The molecule has 6 nitrogen and oxygen atoms in total. The molecular formula is C14H20N2O4S. The minimum absolute atomic E-state index is 0.129. The Bertz CT molecular complexity index is 501. The summed E-state index contributed by atoms with van der Waals surface area (Å²) in [6.45, 7) is 5.45. The molecule has 2 unspecified atom stereocenters. The molecule has 7 heteroatoms. The number of rotatable bonds is 7. The van der Waals surface area contributed by atoms with E-state index >= 15 is 0 Å². The van der Waals surface area contributed by atoms with E-state index in [9.17, 15) is 14.4 Å². The molecule has 0 saturated carbocycles. The molecule has 1 aromatic heterocycles. The lowest BCUT2D eigenvalue weighted by atomic mass is 10.1. The van der Waals surface area contributed by atoms with Gasteiger partial charge in [0.05, 0.1) is 10.8 Å². The van der Waals surface area contributed by atoms with Crippen molar-refractivity contribution in [2.75, 3.05) is 13.1 Å². The highest BCUT2D eigenvalue weighted by molar-refractivity contribution is 7.12. The normalized spacial score (nSPS) is 13.3. The molecule has 21 heavy (non-hydrogen) atoms. The Balaban J connectivity index is 2.62. The fourth-order valence-electron chi connectivity index (χ4n) is 1.79. The van der Waals surface area contributed by atoms with Crippen LogP contribution < -0.4 is 5.32 Å². The number of carbonyl (C=O) groups is 3. The summed E-state index contributed by atoms with van der Waals surface area (Å²) in [5, 5.41) is 13.3. The van der Waals surface area contributed by atoms with Crippen LogP contribution in [0.5, 0.6) is 0 Å². The maximum Gasteiger partial charge on any atom is 0.308 e. The van der Waals surface area contributed by atoms with Gasteiger partial charge >= 0.3 is 5.97 Å². The van der Waals surface area contributed by atoms with Crippen molar-refractivity contribution < 1.29 is 19.5 Å². The molecule has 1 aromatic rings. The Morgan fingerprint density at radius 1 is 1.38 bits per heavy atom. The van der Waals surface area contributed by atoms with Crippen LogP contribution in [-0.2, 0) is 9.59 Å². The third kappa shape index (κ3) is 4.86. The minimum Gasteiger partial charge on any atom is -0.481 e. The van der Waals surface area contributed by atoms with Crippen molar-refractivity contribution in [2.24, 2.45) is 5.92 Å². The molecular weight excluding hydrogens is 292 g/mol. The number of hydrogen-bond acceptors (Lipinski definition) is 4. The first-order valence-electron chi connectivity index (χ1n) is 6.72. The second kappa shape index (κ2) is 7.78. The Morgan fingerprint density at radius 3 is 2.52 bits per heavy atom. The highest BCUT2D eigenvalue weighted by Crippen LogP contribution is 2.09. The number of carboxylic acids is 1. The zero-order valence-electron chi connectivity index (χ0n) is 12.3. The van der Waals surface area contributed by atoms with Crippen LogP contribution >= 0.6 is 11.3 Å². The van der Waals surface area contributed by atoms with Gasteiger partial charge in [-0.25, -0.2) is 0 Å². The van der Waals surface area contributed by atoms with E-state index in [-0.39, 0.29) is 18.4 Å². The third-order valence-corrected chi connectivity index (χ3v) is 3.94. The maximum absolute atomic E-state index is 12.3. The Morgan fingerprint density at radius 2 is 2.05 bits per heavy atom. The number of nitrogens with zero attached hydrogens (tertiary/aromatic N) is 1. The first-order chi connectivity index (χ1) is 9.86. The number of carboxylic acid groups (broad SMARTS) is 1. The van der Waals surface area contributed by atoms with Gasteiger partial charge in [-0.05, 0) is 25.3 Å². The van der Waals surface area contributed by atoms with E-state index in [2.05, 4.69) is 5.32 Å². The average Bonchev–Trinajstić information content (AvgIpc) is 2.97. The molecule has 0 aliphatic rings. The monoisotopic (exact) mass is 312 g/mol. The second-order valence-electron chi connectivity index (χ2n) is 4.79. The fourth-order valence-corrected chi connectivity index (χ4v) is 2.42. The molecule has 2 atom stereocenters. The number of aliphatic carboxylic acids is 1. The Kier molecular flexibility index (Phi) is 6.36. The molecule has 116 valence electrons. The molecule has 1 rings (SSSR count). The molecule has 1 heterocycles. The topological polar surface area (TPSA) is 86.7 Å². The molecule has 0 radical (unpaired) electrons.